The van der Waals surface area contributed by atoms with Crippen LogP contribution in [0.1, 0.15) is 25.0 Å². The van der Waals surface area contributed by atoms with Gasteiger partial charge < -0.3 is 15.8 Å². The molecule has 2 rings (SSSR count). The van der Waals surface area contributed by atoms with Crippen LogP contribution in [0, 0.1) is 0 Å². The highest BCUT2D eigenvalue weighted by Crippen LogP contribution is 2.25. The fourth-order valence-electron chi connectivity index (χ4n) is 2.38. The lowest BCUT2D eigenvalue weighted by molar-refractivity contribution is 0.185. The van der Waals surface area contributed by atoms with Gasteiger partial charge in [0.1, 0.15) is 0 Å². The molecule has 0 fully saturated rings. The highest BCUT2D eigenvalue weighted by atomic mass is 127. The minimum absolute atomic E-state index is 0. The van der Waals surface area contributed by atoms with Gasteiger partial charge in [0.15, 0.2) is 5.96 Å². The second-order valence-corrected chi connectivity index (χ2v) is 7.22. The molecule has 0 unspecified atom stereocenters. The first-order chi connectivity index (χ1) is 11.4. The monoisotopic (exact) mass is 517 g/mol. The van der Waals surface area contributed by atoms with Crippen molar-refractivity contribution < 1.29 is 4.74 Å². The molecule has 3 N–H and O–H groups in total. The van der Waals surface area contributed by atoms with Crippen molar-refractivity contribution in [1.29, 1.82) is 0 Å². The Hall–Kier alpha value is -1.12. The fraction of sp³-hybridized carbons (Fsp3) is 0.316. The summed E-state index contributed by atoms with van der Waals surface area (Å²) in [5.74, 6) is 0.406. The Bertz CT molecular complexity index is 702. The highest BCUT2D eigenvalue weighted by molar-refractivity contribution is 14.0. The van der Waals surface area contributed by atoms with Gasteiger partial charge in [0.05, 0.1) is 13.2 Å². The summed E-state index contributed by atoms with van der Waals surface area (Å²) >= 11 is 3.46. The van der Waals surface area contributed by atoms with Gasteiger partial charge in [-0.15, -0.1) is 24.0 Å². The van der Waals surface area contributed by atoms with Crippen molar-refractivity contribution in [2.24, 2.45) is 10.7 Å². The van der Waals surface area contributed by atoms with Crippen molar-refractivity contribution in [1.82, 2.24) is 0 Å². The Balaban J connectivity index is 0.00000312. The van der Waals surface area contributed by atoms with Crippen molar-refractivity contribution in [3.05, 3.63) is 64.1 Å². The first-order valence-corrected chi connectivity index (χ1v) is 8.61. The van der Waals surface area contributed by atoms with Crippen LogP contribution in [0.4, 0.5) is 5.69 Å². The van der Waals surface area contributed by atoms with Crippen LogP contribution in [0.25, 0.3) is 0 Å². The Morgan fingerprint density at radius 2 is 1.80 bits per heavy atom. The number of guanidine groups is 1. The predicted octanol–water partition coefficient (Wildman–Crippen LogP) is 4.92. The first kappa shape index (κ1) is 21.9. The molecule has 4 nitrogen and oxygen atoms in total. The summed E-state index contributed by atoms with van der Waals surface area (Å²) in [6, 6.07) is 16.2. The summed E-state index contributed by atoms with van der Waals surface area (Å²) < 4.78 is 6.28. The summed E-state index contributed by atoms with van der Waals surface area (Å²) in [5, 5.41) is 3.17. The maximum absolute atomic E-state index is 6.07. The first-order valence-electron chi connectivity index (χ1n) is 7.82. The third kappa shape index (κ3) is 6.60. The number of nitrogens with zero attached hydrogens (tertiary/aromatic N) is 1. The molecule has 0 heterocycles. The molecule has 0 radical (unpaired) electrons. The second-order valence-electron chi connectivity index (χ2n) is 6.31. The minimum Gasteiger partial charge on any atom is -0.380 e. The number of nitrogens with one attached hydrogen (secondary N) is 1. The van der Waals surface area contributed by atoms with Gasteiger partial charge in [-0.05, 0) is 23.8 Å². The van der Waals surface area contributed by atoms with Crippen LogP contribution >= 0.6 is 39.9 Å². The normalized spacial score (nSPS) is 11.8. The molecule has 0 bridgehead atoms. The third-order valence-corrected chi connectivity index (χ3v) is 4.38. The van der Waals surface area contributed by atoms with Gasteiger partial charge in [-0.25, -0.2) is 0 Å². The lowest BCUT2D eigenvalue weighted by Gasteiger charge is -2.23. The standard InChI is InChI=1S/C19H24BrN3O.HI/c1-19(2,15-8-10-16(20)11-9-15)13-22-18(21)23-17-7-5-4-6-14(17)12-24-3;/h4-11H,12-13H2,1-3H3,(H3,21,22,23);1H. The SMILES string of the molecule is COCc1ccccc1NC(N)=NCC(C)(C)c1ccc(Br)cc1.I. The number of rotatable bonds is 6. The number of nitrogens with two attached hydrogens (primary N) is 1. The van der Waals surface area contributed by atoms with Gasteiger partial charge in [-0.1, -0.05) is 60.1 Å². The van der Waals surface area contributed by atoms with E-state index < -0.39 is 0 Å². The van der Waals surface area contributed by atoms with Gasteiger partial charge in [-0.2, -0.15) is 0 Å². The van der Waals surface area contributed by atoms with Crippen molar-refractivity contribution >= 4 is 51.6 Å². The number of benzene rings is 2. The number of ether oxygens (including phenoxy) is 1. The quantitative estimate of drug-likeness (QED) is 0.325. The van der Waals surface area contributed by atoms with Crippen LogP contribution in [0.15, 0.2) is 58.0 Å². The molecule has 0 aromatic heterocycles. The Morgan fingerprint density at radius 1 is 1.16 bits per heavy atom. The van der Waals surface area contributed by atoms with Gasteiger partial charge in [0.2, 0.25) is 0 Å². The maximum Gasteiger partial charge on any atom is 0.193 e. The minimum atomic E-state index is -0.0982. The molecule has 0 atom stereocenters. The Labute approximate surface area is 175 Å². The van der Waals surface area contributed by atoms with Crippen molar-refractivity contribution in [2.45, 2.75) is 25.9 Å². The largest absolute Gasteiger partial charge is 0.380 e. The fourth-order valence-corrected chi connectivity index (χ4v) is 2.64. The van der Waals surface area contributed by atoms with Gasteiger partial charge in [0.25, 0.3) is 0 Å². The zero-order valence-corrected chi connectivity index (χ0v) is 18.7. The maximum atomic E-state index is 6.07. The Morgan fingerprint density at radius 3 is 2.44 bits per heavy atom. The number of halogens is 2. The molecule has 0 aliphatic heterocycles. The molecular weight excluding hydrogens is 493 g/mol. The van der Waals surface area contributed by atoms with Crippen LogP contribution in [0.2, 0.25) is 0 Å². The van der Waals surface area contributed by atoms with Crippen LogP contribution in [-0.2, 0) is 16.8 Å². The molecule has 0 saturated heterocycles. The number of hydrogen-bond acceptors (Lipinski definition) is 2. The molecule has 0 aliphatic rings. The Kier molecular flexibility index (Phi) is 8.88. The molecule has 25 heavy (non-hydrogen) atoms. The van der Waals surface area contributed by atoms with Gasteiger partial charge >= 0.3 is 0 Å². The molecule has 136 valence electrons. The molecule has 2 aromatic rings. The number of hydrogen-bond donors (Lipinski definition) is 2. The van der Waals surface area contributed by atoms with Gasteiger partial charge in [0, 0.05) is 28.2 Å². The second kappa shape index (κ2) is 10.1. The summed E-state index contributed by atoms with van der Waals surface area (Å²) in [5.41, 5.74) is 9.16. The molecule has 6 heteroatoms. The van der Waals surface area contributed by atoms with Crippen LogP contribution in [0.5, 0.6) is 0 Å². The average Bonchev–Trinajstić information content (AvgIpc) is 2.56. The summed E-state index contributed by atoms with van der Waals surface area (Å²) in [7, 11) is 1.68. The van der Waals surface area contributed by atoms with E-state index in [9.17, 15) is 0 Å². The zero-order chi connectivity index (χ0) is 17.6. The van der Waals surface area contributed by atoms with E-state index >= 15 is 0 Å². The highest BCUT2D eigenvalue weighted by Gasteiger charge is 2.20. The topological polar surface area (TPSA) is 59.6 Å². The lowest BCUT2D eigenvalue weighted by Crippen LogP contribution is -2.28. The van der Waals surface area contributed by atoms with Crippen molar-refractivity contribution in [2.75, 3.05) is 19.0 Å². The molecule has 2 aromatic carbocycles. The third-order valence-electron chi connectivity index (χ3n) is 3.85. The van der Waals surface area contributed by atoms with E-state index in [1.54, 1.807) is 7.11 Å². The lowest BCUT2D eigenvalue weighted by atomic mass is 9.85. The molecule has 0 aliphatic carbocycles. The molecule has 0 saturated carbocycles. The summed E-state index contributed by atoms with van der Waals surface area (Å²) in [4.78, 5) is 4.52. The predicted molar refractivity (Wildman–Crippen MR) is 120 cm³/mol. The van der Waals surface area contributed by atoms with Crippen molar-refractivity contribution in [3.8, 4) is 0 Å². The van der Waals surface area contributed by atoms with Crippen LogP contribution in [0.3, 0.4) is 0 Å². The van der Waals surface area contributed by atoms with E-state index in [2.05, 4.69) is 52.2 Å². The molecular formula is C19H25BrIN3O. The van der Waals surface area contributed by atoms with Gasteiger partial charge in [-0.3, -0.25) is 4.99 Å². The van der Waals surface area contributed by atoms with E-state index in [-0.39, 0.29) is 29.4 Å². The smallest absolute Gasteiger partial charge is 0.193 e. The average molecular weight is 518 g/mol. The summed E-state index contributed by atoms with van der Waals surface area (Å²) in [6.45, 7) is 5.44. The number of para-hydroxylation sites is 1. The number of aliphatic imine (C=N–C) groups is 1. The number of methoxy groups -OCH3 is 1. The number of anilines is 1. The van der Waals surface area contributed by atoms with E-state index in [0.717, 1.165) is 15.7 Å². The zero-order valence-electron chi connectivity index (χ0n) is 14.8. The van der Waals surface area contributed by atoms with E-state index in [1.165, 1.54) is 5.56 Å². The summed E-state index contributed by atoms with van der Waals surface area (Å²) in [6.07, 6.45) is 0. The molecule has 0 spiro atoms. The van der Waals surface area contributed by atoms with Crippen LogP contribution < -0.4 is 11.1 Å². The van der Waals surface area contributed by atoms with E-state index in [4.69, 9.17) is 10.5 Å². The van der Waals surface area contributed by atoms with Crippen molar-refractivity contribution in [3.63, 3.8) is 0 Å². The van der Waals surface area contributed by atoms with E-state index in [0.29, 0.717) is 19.1 Å². The van der Waals surface area contributed by atoms with E-state index in [1.807, 2.05) is 36.4 Å². The van der Waals surface area contributed by atoms with Crippen LogP contribution in [-0.4, -0.2) is 19.6 Å². The molecule has 0 amide bonds.